The second kappa shape index (κ2) is 5.61. The molecule has 4 N–H and O–H groups in total. The van der Waals surface area contributed by atoms with Crippen LogP contribution in [0.5, 0.6) is 0 Å². The number of nitrogens with two attached hydrogens (primary N) is 1. The molecule has 0 saturated carbocycles. The molecule has 0 amide bonds. The summed E-state index contributed by atoms with van der Waals surface area (Å²) in [6.45, 7) is 0.00794. The summed E-state index contributed by atoms with van der Waals surface area (Å²) in [5.41, 5.74) is 5.88. The van der Waals surface area contributed by atoms with Crippen LogP contribution in [0.4, 0.5) is 24.5 Å². The lowest BCUT2D eigenvalue weighted by atomic mass is 10.1. The Balaban J connectivity index is 2.64. The van der Waals surface area contributed by atoms with Crippen LogP contribution in [0.1, 0.15) is 23.2 Å². The molecule has 1 aromatic carbocycles. The smallest absolute Gasteiger partial charge is 0.389 e. The standard InChI is InChI=1S/C11H13F3N2O2/c12-11(13,14)5-2-6-16-9-7(10(17)18)3-1-4-8(9)15/h1,3-4,16H,2,5-6,15H2,(H,17,18). The van der Waals surface area contributed by atoms with Crippen molar-refractivity contribution in [3.63, 3.8) is 0 Å². The fourth-order valence-electron chi connectivity index (χ4n) is 1.45. The fraction of sp³-hybridized carbons (Fsp3) is 0.364. The molecule has 18 heavy (non-hydrogen) atoms. The first-order valence-corrected chi connectivity index (χ1v) is 5.23. The Bertz CT molecular complexity index is 433. The number of carboxylic acids is 1. The summed E-state index contributed by atoms with van der Waals surface area (Å²) in [7, 11) is 0. The first kappa shape index (κ1) is 14.1. The fourth-order valence-corrected chi connectivity index (χ4v) is 1.45. The molecule has 0 unspecified atom stereocenters. The van der Waals surface area contributed by atoms with Crippen LogP contribution >= 0.6 is 0 Å². The Morgan fingerprint density at radius 1 is 1.39 bits per heavy atom. The average molecular weight is 262 g/mol. The SMILES string of the molecule is Nc1cccc(C(=O)O)c1NCCCC(F)(F)F. The van der Waals surface area contributed by atoms with Gasteiger partial charge in [0, 0.05) is 13.0 Å². The number of carbonyl (C=O) groups is 1. The summed E-state index contributed by atoms with van der Waals surface area (Å²) in [5.74, 6) is -1.18. The van der Waals surface area contributed by atoms with Crippen molar-refractivity contribution in [2.45, 2.75) is 19.0 Å². The van der Waals surface area contributed by atoms with E-state index in [1.807, 2.05) is 0 Å². The van der Waals surface area contributed by atoms with E-state index in [-0.39, 0.29) is 29.9 Å². The number of nitrogens with one attached hydrogen (secondary N) is 1. The number of alkyl halides is 3. The molecule has 1 rings (SSSR count). The maximum Gasteiger partial charge on any atom is 0.389 e. The van der Waals surface area contributed by atoms with Crippen LogP contribution in [-0.4, -0.2) is 23.8 Å². The largest absolute Gasteiger partial charge is 0.478 e. The highest BCUT2D eigenvalue weighted by Gasteiger charge is 2.26. The van der Waals surface area contributed by atoms with Crippen LogP contribution in [0, 0.1) is 0 Å². The van der Waals surface area contributed by atoms with Gasteiger partial charge in [0.15, 0.2) is 0 Å². The van der Waals surface area contributed by atoms with Crippen molar-refractivity contribution in [3.05, 3.63) is 23.8 Å². The lowest BCUT2D eigenvalue weighted by Crippen LogP contribution is -2.13. The first-order chi connectivity index (χ1) is 8.31. The molecule has 0 aliphatic heterocycles. The predicted molar refractivity (Wildman–Crippen MR) is 61.6 cm³/mol. The maximum absolute atomic E-state index is 11.9. The summed E-state index contributed by atoms with van der Waals surface area (Å²) in [6, 6.07) is 4.29. The van der Waals surface area contributed by atoms with E-state index in [4.69, 9.17) is 10.8 Å². The molecule has 0 aromatic heterocycles. The average Bonchev–Trinajstić information content (AvgIpc) is 2.24. The third kappa shape index (κ3) is 4.15. The highest BCUT2D eigenvalue weighted by Crippen LogP contribution is 2.25. The van der Waals surface area contributed by atoms with E-state index in [1.54, 1.807) is 0 Å². The molecule has 0 fully saturated rings. The monoisotopic (exact) mass is 262 g/mol. The minimum absolute atomic E-state index is 0.00794. The number of para-hydroxylation sites is 1. The van der Waals surface area contributed by atoms with Gasteiger partial charge in [0.1, 0.15) is 0 Å². The van der Waals surface area contributed by atoms with Crippen molar-refractivity contribution >= 4 is 17.3 Å². The molecule has 0 heterocycles. The van der Waals surface area contributed by atoms with Crippen molar-refractivity contribution in [3.8, 4) is 0 Å². The van der Waals surface area contributed by atoms with Gasteiger partial charge in [-0.05, 0) is 18.6 Å². The van der Waals surface area contributed by atoms with Gasteiger partial charge in [-0.1, -0.05) is 6.07 Å². The Hall–Kier alpha value is -1.92. The zero-order valence-electron chi connectivity index (χ0n) is 9.42. The van der Waals surface area contributed by atoms with Crippen LogP contribution in [0.15, 0.2) is 18.2 Å². The number of hydrogen-bond donors (Lipinski definition) is 3. The van der Waals surface area contributed by atoms with Crippen LogP contribution in [0.25, 0.3) is 0 Å². The highest BCUT2D eigenvalue weighted by molar-refractivity contribution is 5.97. The van der Waals surface area contributed by atoms with Crippen LogP contribution in [-0.2, 0) is 0 Å². The number of aromatic carboxylic acids is 1. The number of halogens is 3. The summed E-state index contributed by atoms with van der Waals surface area (Å²) in [4.78, 5) is 10.9. The molecular formula is C11H13F3N2O2. The van der Waals surface area contributed by atoms with Gasteiger partial charge in [-0.15, -0.1) is 0 Å². The van der Waals surface area contributed by atoms with Gasteiger partial charge < -0.3 is 16.2 Å². The topological polar surface area (TPSA) is 75.4 Å². The Labute approximate surface area is 102 Å². The molecule has 0 radical (unpaired) electrons. The van der Waals surface area contributed by atoms with Gasteiger partial charge in [0.25, 0.3) is 0 Å². The third-order valence-electron chi connectivity index (χ3n) is 2.27. The summed E-state index contributed by atoms with van der Waals surface area (Å²) >= 11 is 0. The van der Waals surface area contributed by atoms with Crippen molar-refractivity contribution < 1.29 is 23.1 Å². The third-order valence-corrected chi connectivity index (χ3v) is 2.27. The Morgan fingerprint density at radius 2 is 2.06 bits per heavy atom. The number of benzene rings is 1. The summed E-state index contributed by atoms with van der Waals surface area (Å²) in [6.07, 6.45) is -5.27. The molecule has 0 bridgehead atoms. The Morgan fingerprint density at radius 3 is 2.61 bits per heavy atom. The van der Waals surface area contributed by atoms with E-state index in [0.29, 0.717) is 0 Å². The van der Waals surface area contributed by atoms with Gasteiger partial charge >= 0.3 is 12.1 Å². The second-order valence-corrected chi connectivity index (χ2v) is 3.72. The van der Waals surface area contributed by atoms with E-state index < -0.39 is 18.6 Å². The lowest BCUT2D eigenvalue weighted by molar-refractivity contribution is -0.134. The zero-order valence-corrected chi connectivity index (χ0v) is 9.42. The van der Waals surface area contributed by atoms with Gasteiger partial charge in [-0.25, -0.2) is 4.79 Å². The number of carboxylic acid groups (broad SMARTS) is 1. The Kier molecular flexibility index (Phi) is 4.41. The van der Waals surface area contributed by atoms with Crippen LogP contribution < -0.4 is 11.1 Å². The van der Waals surface area contributed by atoms with Crippen LogP contribution in [0.3, 0.4) is 0 Å². The van der Waals surface area contributed by atoms with Crippen molar-refractivity contribution in [2.75, 3.05) is 17.6 Å². The van der Waals surface area contributed by atoms with Gasteiger partial charge in [-0.2, -0.15) is 13.2 Å². The van der Waals surface area contributed by atoms with E-state index in [0.717, 1.165) is 0 Å². The van der Waals surface area contributed by atoms with Crippen molar-refractivity contribution in [1.82, 2.24) is 0 Å². The predicted octanol–water partition coefficient (Wildman–Crippen LogP) is 2.72. The molecular weight excluding hydrogens is 249 g/mol. The van der Waals surface area contributed by atoms with E-state index in [9.17, 15) is 18.0 Å². The molecule has 0 aliphatic carbocycles. The molecule has 0 saturated heterocycles. The number of anilines is 2. The lowest BCUT2D eigenvalue weighted by Gasteiger charge is -2.12. The van der Waals surface area contributed by atoms with Gasteiger partial charge in [0.05, 0.1) is 16.9 Å². The molecule has 100 valence electrons. The molecule has 4 nitrogen and oxygen atoms in total. The molecule has 1 aromatic rings. The van der Waals surface area contributed by atoms with Crippen LogP contribution in [0.2, 0.25) is 0 Å². The quantitative estimate of drug-likeness (QED) is 0.563. The zero-order chi connectivity index (χ0) is 13.8. The van der Waals surface area contributed by atoms with Gasteiger partial charge in [-0.3, -0.25) is 0 Å². The van der Waals surface area contributed by atoms with E-state index in [1.165, 1.54) is 18.2 Å². The summed E-state index contributed by atoms with van der Waals surface area (Å²) in [5, 5.41) is 11.5. The van der Waals surface area contributed by atoms with Gasteiger partial charge in [0.2, 0.25) is 0 Å². The second-order valence-electron chi connectivity index (χ2n) is 3.72. The van der Waals surface area contributed by atoms with Crippen molar-refractivity contribution in [2.24, 2.45) is 0 Å². The number of hydrogen-bond acceptors (Lipinski definition) is 3. The first-order valence-electron chi connectivity index (χ1n) is 5.23. The highest BCUT2D eigenvalue weighted by atomic mass is 19.4. The van der Waals surface area contributed by atoms with E-state index >= 15 is 0 Å². The molecule has 0 aliphatic rings. The number of nitrogen functional groups attached to an aromatic ring is 1. The minimum atomic E-state index is -4.21. The normalized spacial score (nSPS) is 11.3. The summed E-state index contributed by atoms with van der Waals surface area (Å²) < 4.78 is 35.8. The minimum Gasteiger partial charge on any atom is -0.478 e. The van der Waals surface area contributed by atoms with E-state index in [2.05, 4.69) is 5.32 Å². The van der Waals surface area contributed by atoms with Crippen molar-refractivity contribution in [1.29, 1.82) is 0 Å². The molecule has 0 spiro atoms. The maximum atomic E-state index is 11.9. The molecule has 0 atom stereocenters. The molecule has 7 heteroatoms. The number of rotatable bonds is 5.